The second-order valence-corrected chi connectivity index (χ2v) is 1.10. The average Bonchev–Trinajstić information content (AvgIpc) is 1.72. The SMILES string of the molecule is C1#CNNCC1. The van der Waals surface area contributed by atoms with Crippen molar-refractivity contribution in [2.75, 3.05) is 6.54 Å². The van der Waals surface area contributed by atoms with Gasteiger partial charge in [0.15, 0.2) is 0 Å². The molecule has 0 spiro atoms. The summed E-state index contributed by atoms with van der Waals surface area (Å²) in [6.45, 7) is 0.965. The Labute approximate surface area is 36.9 Å². The molecule has 0 bridgehead atoms. The van der Waals surface area contributed by atoms with E-state index in [1.54, 1.807) is 0 Å². The molecule has 2 N–H and O–H groups in total. The Bertz CT molecular complexity index is 77.5. The van der Waals surface area contributed by atoms with E-state index in [1.165, 1.54) is 0 Å². The molecule has 32 valence electrons. The van der Waals surface area contributed by atoms with E-state index in [-0.39, 0.29) is 0 Å². The first kappa shape index (κ1) is 3.51. The first-order valence-corrected chi connectivity index (χ1v) is 1.96. The van der Waals surface area contributed by atoms with E-state index < -0.39 is 0 Å². The predicted octanol–water partition coefficient (Wildman–Crippen LogP) is -0.555. The Morgan fingerprint density at radius 3 is 2.67 bits per heavy atom. The van der Waals surface area contributed by atoms with Gasteiger partial charge in [-0.2, -0.15) is 0 Å². The van der Waals surface area contributed by atoms with E-state index in [0.29, 0.717) is 0 Å². The van der Waals surface area contributed by atoms with Crippen LogP contribution in [-0.2, 0) is 0 Å². The Hall–Kier alpha value is -0.680. The fourth-order valence-corrected chi connectivity index (χ4v) is 0.338. The van der Waals surface area contributed by atoms with Gasteiger partial charge in [-0.25, -0.2) is 5.43 Å². The minimum absolute atomic E-state index is 0.965. The normalized spacial score (nSPS) is 17.3. The van der Waals surface area contributed by atoms with Gasteiger partial charge >= 0.3 is 0 Å². The summed E-state index contributed by atoms with van der Waals surface area (Å²) in [5.74, 6) is 2.86. The first-order valence-electron chi connectivity index (χ1n) is 1.96. The number of hydrogen-bond acceptors (Lipinski definition) is 2. The van der Waals surface area contributed by atoms with Gasteiger partial charge in [-0.15, -0.1) is 0 Å². The molecule has 1 aliphatic rings. The van der Waals surface area contributed by atoms with Gasteiger partial charge in [0.1, 0.15) is 0 Å². The summed E-state index contributed by atoms with van der Waals surface area (Å²) in [7, 11) is 0. The van der Waals surface area contributed by atoms with Crippen molar-refractivity contribution >= 4 is 0 Å². The molecule has 6 heavy (non-hydrogen) atoms. The highest BCUT2D eigenvalue weighted by Crippen LogP contribution is 1.70. The van der Waals surface area contributed by atoms with Crippen LogP contribution in [0.1, 0.15) is 6.42 Å². The molecule has 0 aliphatic carbocycles. The lowest BCUT2D eigenvalue weighted by atomic mass is 10.4. The highest BCUT2D eigenvalue weighted by Gasteiger charge is 1.81. The minimum Gasteiger partial charge on any atom is -0.281 e. The molecule has 0 radical (unpaired) electrons. The molecule has 0 amide bonds. The third-order valence-corrected chi connectivity index (χ3v) is 0.614. The van der Waals surface area contributed by atoms with Crippen molar-refractivity contribution in [3.63, 3.8) is 0 Å². The Morgan fingerprint density at radius 2 is 2.50 bits per heavy atom. The molecular weight excluding hydrogens is 76.1 g/mol. The minimum atomic E-state index is 0.965. The van der Waals surface area contributed by atoms with Crippen molar-refractivity contribution in [3.05, 3.63) is 0 Å². The van der Waals surface area contributed by atoms with Gasteiger partial charge < -0.3 is 0 Å². The summed E-state index contributed by atoms with van der Waals surface area (Å²) in [6, 6.07) is 2.67. The third kappa shape index (κ3) is 0.631. The number of nitrogens with one attached hydrogen (secondary N) is 2. The zero-order chi connectivity index (χ0) is 4.24. The van der Waals surface area contributed by atoms with E-state index in [9.17, 15) is 0 Å². The fraction of sp³-hybridized carbons (Fsp3) is 0.500. The van der Waals surface area contributed by atoms with E-state index >= 15 is 0 Å². The van der Waals surface area contributed by atoms with E-state index in [0.717, 1.165) is 13.0 Å². The summed E-state index contributed by atoms with van der Waals surface area (Å²) in [4.78, 5) is 0. The second-order valence-electron chi connectivity index (χ2n) is 1.10. The summed E-state index contributed by atoms with van der Waals surface area (Å²) in [5, 5.41) is 0. The van der Waals surface area contributed by atoms with Crippen LogP contribution in [-0.4, -0.2) is 6.54 Å². The molecule has 0 aromatic rings. The van der Waals surface area contributed by atoms with Crippen LogP contribution in [0.5, 0.6) is 0 Å². The van der Waals surface area contributed by atoms with Crippen LogP contribution >= 0.6 is 0 Å². The molecule has 0 aromatic heterocycles. The molecule has 0 unspecified atom stereocenters. The van der Waals surface area contributed by atoms with Crippen LogP contribution in [0.15, 0.2) is 0 Å². The van der Waals surface area contributed by atoms with E-state index in [2.05, 4.69) is 22.8 Å². The highest BCUT2D eigenvalue weighted by atomic mass is 15.3. The van der Waals surface area contributed by atoms with Gasteiger partial charge in [0, 0.05) is 19.0 Å². The molecule has 0 atom stereocenters. The van der Waals surface area contributed by atoms with Crippen molar-refractivity contribution in [1.82, 2.24) is 10.9 Å². The lowest BCUT2D eigenvalue weighted by Crippen LogP contribution is -2.30. The van der Waals surface area contributed by atoms with E-state index in [4.69, 9.17) is 0 Å². The van der Waals surface area contributed by atoms with E-state index in [1.807, 2.05) is 0 Å². The number of rotatable bonds is 0. The van der Waals surface area contributed by atoms with Crippen LogP contribution in [0.2, 0.25) is 0 Å². The summed E-state index contributed by atoms with van der Waals surface area (Å²) >= 11 is 0. The van der Waals surface area contributed by atoms with Gasteiger partial charge in [0.25, 0.3) is 0 Å². The molecule has 1 heterocycles. The van der Waals surface area contributed by atoms with Crippen molar-refractivity contribution in [2.45, 2.75) is 6.42 Å². The molecule has 1 rings (SSSR count). The van der Waals surface area contributed by atoms with Crippen LogP contribution in [0.3, 0.4) is 0 Å². The quantitative estimate of drug-likeness (QED) is 0.383. The van der Waals surface area contributed by atoms with Crippen LogP contribution < -0.4 is 10.9 Å². The maximum Gasteiger partial charge on any atom is 0.0265 e. The van der Waals surface area contributed by atoms with Gasteiger partial charge in [-0.05, 0) is 0 Å². The summed E-state index contributed by atoms with van der Waals surface area (Å²) in [6.07, 6.45) is 0.965. The molecule has 2 heteroatoms. The zero-order valence-corrected chi connectivity index (χ0v) is 3.41. The monoisotopic (exact) mass is 82.1 g/mol. The fourth-order valence-electron chi connectivity index (χ4n) is 0.338. The second kappa shape index (κ2) is 1.68. The molecule has 2 nitrogen and oxygen atoms in total. The molecule has 0 aromatic carbocycles. The standard InChI is InChI=1S/C4H6N2/c1-2-4-6-5-3-1/h5-6H,1,3H2. The largest absolute Gasteiger partial charge is 0.281 e. The van der Waals surface area contributed by atoms with Crippen LogP contribution in [0.25, 0.3) is 0 Å². The molecule has 1 aliphatic heterocycles. The maximum atomic E-state index is 2.86. The number of hydrazine groups is 1. The zero-order valence-electron chi connectivity index (χ0n) is 3.41. The van der Waals surface area contributed by atoms with Crippen molar-refractivity contribution in [3.8, 4) is 12.0 Å². The molecule has 0 saturated heterocycles. The van der Waals surface area contributed by atoms with Crippen molar-refractivity contribution in [1.29, 1.82) is 0 Å². The smallest absolute Gasteiger partial charge is 0.0265 e. The predicted molar refractivity (Wildman–Crippen MR) is 23.5 cm³/mol. The molecule has 0 fully saturated rings. The Balaban J connectivity index is 2.36. The van der Waals surface area contributed by atoms with Crippen LogP contribution in [0.4, 0.5) is 0 Å². The topological polar surface area (TPSA) is 24.1 Å². The third-order valence-electron chi connectivity index (χ3n) is 0.614. The Kier molecular flexibility index (Phi) is 0.984. The highest BCUT2D eigenvalue weighted by molar-refractivity contribution is 4.98. The molecular formula is C4H6N2. The van der Waals surface area contributed by atoms with Crippen molar-refractivity contribution in [2.24, 2.45) is 0 Å². The first-order chi connectivity index (χ1) is 3.00. The van der Waals surface area contributed by atoms with Gasteiger partial charge in [0.05, 0.1) is 0 Å². The summed E-state index contributed by atoms with van der Waals surface area (Å²) < 4.78 is 0. The van der Waals surface area contributed by atoms with Crippen LogP contribution in [0, 0.1) is 12.0 Å². The molecule has 0 saturated carbocycles. The summed E-state index contributed by atoms with van der Waals surface area (Å²) in [5.41, 5.74) is 5.53. The average molecular weight is 82.1 g/mol. The van der Waals surface area contributed by atoms with Gasteiger partial charge in [-0.3, -0.25) is 5.43 Å². The van der Waals surface area contributed by atoms with Gasteiger partial charge in [0.2, 0.25) is 0 Å². The Morgan fingerprint density at radius 1 is 1.50 bits per heavy atom. The number of hydrogen-bond donors (Lipinski definition) is 2. The lowest BCUT2D eigenvalue weighted by Gasteiger charge is -2.00. The van der Waals surface area contributed by atoms with Crippen molar-refractivity contribution < 1.29 is 0 Å². The lowest BCUT2D eigenvalue weighted by molar-refractivity contribution is 0.635. The maximum absolute atomic E-state index is 2.86. The van der Waals surface area contributed by atoms with Gasteiger partial charge in [-0.1, -0.05) is 5.92 Å².